The fraction of sp³-hybridized carbons (Fsp3) is 0.280. The normalized spacial score (nSPS) is 11.3. The molecule has 3 aromatic heterocycles. The topological polar surface area (TPSA) is 74.8 Å². The van der Waals surface area contributed by atoms with Gasteiger partial charge in [0.1, 0.15) is 5.75 Å². The van der Waals surface area contributed by atoms with Gasteiger partial charge in [-0.1, -0.05) is 18.7 Å². The van der Waals surface area contributed by atoms with Gasteiger partial charge in [0.2, 0.25) is 0 Å². The highest BCUT2D eigenvalue weighted by Gasteiger charge is 2.20. The first-order valence-electron chi connectivity index (χ1n) is 11.1. The zero-order chi connectivity index (χ0) is 24.9. The van der Waals surface area contributed by atoms with E-state index in [1.807, 2.05) is 41.2 Å². The Morgan fingerprint density at radius 3 is 2.46 bits per heavy atom. The van der Waals surface area contributed by atoms with Crippen LogP contribution in [-0.4, -0.2) is 42.5 Å². The van der Waals surface area contributed by atoms with E-state index >= 15 is 0 Å². The molecular weight excluding hydrogens is 472 g/mol. The number of hydrogen-bond donors (Lipinski definition) is 0. The third-order valence-electron chi connectivity index (χ3n) is 5.49. The Labute approximate surface area is 206 Å². The molecule has 0 fully saturated rings. The highest BCUT2D eigenvalue weighted by Crippen LogP contribution is 2.27. The number of carbonyl (C=O) groups excluding carboxylic acids is 1. The number of aromatic nitrogens is 5. The van der Waals surface area contributed by atoms with Gasteiger partial charge in [0.05, 0.1) is 5.75 Å². The lowest BCUT2D eigenvalue weighted by Crippen LogP contribution is -2.07. The first kappa shape index (κ1) is 24.6. The second-order valence-electron chi connectivity index (χ2n) is 7.90. The van der Waals surface area contributed by atoms with E-state index < -0.39 is 6.61 Å². The van der Waals surface area contributed by atoms with Crippen molar-refractivity contribution >= 4 is 17.5 Å². The van der Waals surface area contributed by atoms with Crippen molar-refractivity contribution in [2.24, 2.45) is 0 Å². The molecule has 7 nitrogen and oxygen atoms in total. The zero-order valence-corrected chi connectivity index (χ0v) is 20.4. The second-order valence-corrected chi connectivity index (χ2v) is 8.84. The molecule has 0 saturated carbocycles. The lowest BCUT2D eigenvalue weighted by molar-refractivity contribution is -0.0498. The van der Waals surface area contributed by atoms with Crippen molar-refractivity contribution in [3.63, 3.8) is 0 Å². The van der Waals surface area contributed by atoms with Gasteiger partial charge in [-0.05, 0) is 62.7 Å². The number of hydrogen-bond acceptors (Lipinski definition) is 6. The molecule has 10 heteroatoms. The van der Waals surface area contributed by atoms with Crippen LogP contribution in [0.4, 0.5) is 8.78 Å². The van der Waals surface area contributed by atoms with Crippen molar-refractivity contribution in [3.05, 3.63) is 71.8 Å². The number of thioether (sulfide) groups is 1. The Balaban J connectivity index is 1.52. The van der Waals surface area contributed by atoms with Crippen LogP contribution >= 0.6 is 11.8 Å². The predicted molar refractivity (Wildman–Crippen MR) is 130 cm³/mol. The number of carbonyl (C=O) groups is 1. The number of Topliss-reactive ketones (excluding diaryl/α,β-unsaturated/α-hetero) is 1. The van der Waals surface area contributed by atoms with Crippen LogP contribution in [0, 0.1) is 13.8 Å². The maximum absolute atomic E-state index is 13.2. The average Bonchev–Trinajstić information content (AvgIpc) is 3.38. The summed E-state index contributed by atoms with van der Waals surface area (Å²) in [5, 5.41) is 9.37. The van der Waals surface area contributed by atoms with Gasteiger partial charge < -0.3 is 13.9 Å². The first-order valence-corrected chi connectivity index (χ1v) is 12.1. The smallest absolute Gasteiger partial charge is 0.387 e. The molecule has 0 bridgehead atoms. The van der Waals surface area contributed by atoms with E-state index in [1.54, 1.807) is 24.5 Å². The molecule has 35 heavy (non-hydrogen) atoms. The number of ether oxygens (including phenoxy) is 1. The average molecular weight is 498 g/mol. The van der Waals surface area contributed by atoms with Crippen LogP contribution < -0.4 is 4.74 Å². The minimum absolute atomic E-state index is 0.0245. The number of ketones is 1. The minimum Gasteiger partial charge on any atom is -0.435 e. The second kappa shape index (κ2) is 10.8. The molecule has 3 heterocycles. The summed E-state index contributed by atoms with van der Waals surface area (Å²) >= 11 is 1.36. The summed E-state index contributed by atoms with van der Waals surface area (Å²) in [6.45, 7) is 3.72. The van der Waals surface area contributed by atoms with Crippen molar-refractivity contribution in [3.8, 4) is 22.8 Å². The highest BCUT2D eigenvalue weighted by atomic mass is 32.2. The zero-order valence-electron chi connectivity index (χ0n) is 19.6. The molecule has 0 radical (unpaired) electrons. The maximum atomic E-state index is 13.2. The van der Waals surface area contributed by atoms with Gasteiger partial charge in [0.15, 0.2) is 16.8 Å². The van der Waals surface area contributed by atoms with E-state index in [0.29, 0.717) is 10.7 Å². The lowest BCUT2D eigenvalue weighted by atomic mass is 10.2. The predicted octanol–water partition coefficient (Wildman–Crippen LogP) is 5.73. The van der Waals surface area contributed by atoms with Crippen molar-refractivity contribution in [2.75, 3.05) is 5.75 Å². The molecule has 0 N–H and O–H groups in total. The molecule has 0 atom stereocenters. The number of nitrogens with zero attached hydrogens (tertiary/aromatic N) is 5. The van der Waals surface area contributed by atoms with Gasteiger partial charge in [-0.25, -0.2) is 0 Å². The van der Waals surface area contributed by atoms with Gasteiger partial charge in [-0.3, -0.25) is 9.78 Å². The van der Waals surface area contributed by atoms with Crippen LogP contribution in [0.15, 0.2) is 60.0 Å². The minimum atomic E-state index is -2.87. The molecule has 4 aromatic rings. The fourth-order valence-electron chi connectivity index (χ4n) is 3.96. The maximum Gasteiger partial charge on any atom is 0.387 e. The van der Waals surface area contributed by atoms with Crippen LogP contribution in [0.2, 0.25) is 0 Å². The monoisotopic (exact) mass is 497 g/mol. The van der Waals surface area contributed by atoms with Gasteiger partial charge in [0.25, 0.3) is 0 Å². The highest BCUT2D eigenvalue weighted by molar-refractivity contribution is 7.99. The third kappa shape index (κ3) is 5.43. The van der Waals surface area contributed by atoms with E-state index in [9.17, 15) is 13.6 Å². The van der Waals surface area contributed by atoms with E-state index in [1.165, 1.54) is 23.9 Å². The lowest BCUT2D eigenvalue weighted by Gasteiger charge is -2.11. The number of pyridine rings is 1. The van der Waals surface area contributed by atoms with E-state index in [-0.39, 0.29) is 17.3 Å². The molecule has 182 valence electrons. The van der Waals surface area contributed by atoms with Gasteiger partial charge in [0, 0.05) is 47.1 Å². The standard InChI is InChI=1S/C25H25F2N5O2S/c1-4-13-31-23(18-9-11-28-12-10-18)29-30-25(31)35-15-22(33)21-14-16(2)32(17(21)3)19-5-7-20(8-6-19)34-24(26)27/h5-12,14,24H,4,13,15H2,1-3H3. The summed E-state index contributed by atoms with van der Waals surface area (Å²) in [4.78, 5) is 17.2. The SMILES string of the molecule is CCCn1c(SCC(=O)c2cc(C)n(-c3ccc(OC(F)F)cc3)c2C)nnc1-c1ccncc1. The van der Waals surface area contributed by atoms with E-state index in [0.717, 1.165) is 41.4 Å². The third-order valence-corrected chi connectivity index (χ3v) is 6.45. The Morgan fingerprint density at radius 1 is 1.09 bits per heavy atom. The molecule has 0 aliphatic heterocycles. The van der Waals surface area contributed by atoms with E-state index in [2.05, 4.69) is 26.8 Å². The van der Waals surface area contributed by atoms with Gasteiger partial charge in [-0.15, -0.1) is 10.2 Å². The Kier molecular flexibility index (Phi) is 7.60. The van der Waals surface area contributed by atoms with Crippen molar-refractivity contribution in [1.82, 2.24) is 24.3 Å². The fourth-order valence-corrected chi connectivity index (χ4v) is 4.81. The Hall–Kier alpha value is -3.53. The number of alkyl halides is 2. The molecule has 1 aromatic carbocycles. The van der Waals surface area contributed by atoms with Crippen LogP contribution in [0.3, 0.4) is 0 Å². The summed E-state index contributed by atoms with van der Waals surface area (Å²) in [5.74, 6) is 1.02. The number of aryl methyl sites for hydroxylation is 1. The summed E-state index contributed by atoms with van der Waals surface area (Å²) < 4.78 is 33.2. The first-order chi connectivity index (χ1) is 16.9. The van der Waals surface area contributed by atoms with Gasteiger partial charge >= 0.3 is 6.61 Å². The van der Waals surface area contributed by atoms with Crippen molar-refractivity contribution < 1.29 is 18.3 Å². The van der Waals surface area contributed by atoms with E-state index in [4.69, 9.17) is 0 Å². The van der Waals surface area contributed by atoms with Gasteiger partial charge in [-0.2, -0.15) is 8.78 Å². The molecule has 0 saturated heterocycles. The molecule has 0 amide bonds. The number of halogens is 2. The summed E-state index contributed by atoms with van der Waals surface area (Å²) in [5.41, 5.74) is 3.94. The summed E-state index contributed by atoms with van der Waals surface area (Å²) in [7, 11) is 0. The van der Waals surface area contributed by atoms with Crippen molar-refractivity contribution in [1.29, 1.82) is 0 Å². The van der Waals surface area contributed by atoms with Crippen molar-refractivity contribution in [2.45, 2.75) is 45.5 Å². The van der Waals surface area contributed by atoms with Crippen LogP contribution in [-0.2, 0) is 6.54 Å². The Bertz CT molecular complexity index is 1300. The molecule has 0 unspecified atom stereocenters. The number of benzene rings is 1. The molecular formula is C25H25F2N5O2S. The Morgan fingerprint density at radius 2 is 1.80 bits per heavy atom. The molecule has 4 rings (SSSR count). The quantitative estimate of drug-likeness (QED) is 0.206. The van der Waals surface area contributed by atoms with Crippen LogP contribution in [0.5, 0.6) is 5.75 Å². The van der Waals surface area contributed by atoms with Crippen LogP contribution in [0.25, 0.3) is 17.1 Å². The largest absolute Gasteiger partial charge is 0.435 e. The molecule has 0 aliphatic rings. The number of rotatable bonds is 10. The summed E-state index contributed by atoms with van der Waals surface area (Å²) in [6, 6.07) is 12.0. The molecule has 0 aliphatic carbocycles. The molecule has 0 spiro atoms. The van der Waals surface area contributed by atoms with Crippen LogP contribution in [0.1, 0.15) is 35.1 Å². The summed E-state index contributed by atoms with van der Waals surface area (Å²) in [6.07, 6.45) is 4.33.